The fourth-order valence-electron chi connectivity index (χ4n) is 3.73. The summed E-state index contributed by atoms with van der Waals surface area (Å²) < 4.78 is 0. The normalized spacial score (nSPS) is 18.0. The number of rotatable bonds is 7. The number of nitrogens with zero attached hydrogens (tertiary/aromatic N) is 1. The van der Waals surface area contributed by atoms with Crippen LogP contribution in [0.4, 0.5) is 0 Å². The molecule has 122 valence electrons. The molecule has 2 aromatic carbocycles. The summed E-state index contributed by atoms with van der Waals surface area (Å²) in [5.41, 5.74) is 3.21. The fraction of sp³-hybridized carbons (Fsp3) is 0.455. The Balaban J connectivity index is 1.69. The van der Waals surface area contributed by atoms with Crippen molar-refractivity contribution in [2.24, 2.45) is 0 Å². The maximum Gasteiger partial charge on any atom is -0.00103 e. The molecule has 1 nitrogen and oxygen atoms in total. The number of hydrogen-bond donors (Lipinski definition) is 0. The van der Waals surface area contributed by atoms with Gasteiger partial charge in [-0.05, 0) is 68.3 Å². The van der Waals surface area contributed by atoms with Crippen molar-refractivity contribution in [1.82, 2.24) is 4.90 Å². The third-order valence-electron chi connectivity index (χ3n) is 5.46. The lowest BCUT2D eigenvalue weighted by Gasteiger charge is -2.32. The van der Waals surface area contributed by atoms with E-state index in [1.54, 1.807) is 0 Å². The summed E-state index contributed by atoms with van der Waals surface area (Å²) >= 11 is 0. The highest BCUT2D eigenvalue weighted by atomic mass is 15.1. The maximum atomic E-state index is 2.64. The van der Waals surface area contributed by atoms with Crippen molar-refractivity contribution in [2.75, 3.05) is 19.6 Å². The van der Waals surface area contributed by atoms with Crippen LogP contribution >= 0.6 is 0 Å². The Hall–Kier alpha value is -1.60. The van der Waals surface area contributed by atoms with Crippen molar-refractivity contribution < 1.29 is 0 Å². The molecule has 0 radical (unpaired) electrons. The standard InChI is InChI=1S/C22H29N/c1-22(21-12-6-3-7-13-21,16-19-23-17-8-9-18-23)15-14-20-10-4-2-5-11-20/h2-7,10-13H,8-9,14-19H2,1H3. The summed E-state index contributed by atoms with van der Waals surface area (Å²) in [6, 6.07) is 22.0. The van der Waals surface area contributed by atoms with Crippen molar-refractivity contribution in [2.45, 2.75) is 44.4 Å². The molecule has 1 heteroatoms. The van der Waals surface area contributed by atoms with E-state index >= 15 is 0 Å². The van der Waals surface area contributed by atoms with Crippen LogP contribution in [0.1, 0.15) is 43.7 Å². The highest BCUT2D eigenvalue weighted by molar-refractivity contribution is 5.25. The van der Waals surface area contributed by atoms with Gasteiger partial charge in [0.25, 0.3) is 0 Å². The molecule has 0 saturated carbocycles. The zero-order valence-corrected chi connectivity index (χ0v) is 14.4. The highest BCUT2D eigenvalue weighted by Gasteiger charge is 2.27. The molecule has 23 heavy (non-hydrogen) atoms. The molecule has 1 heterocycles. The van der Waals surface area contributed by atoms with Crippen molar-refractivity contribution in [3.63, 3.8) is 0 Å². The first-order chi connectivity index (χ1) is 11.3. The first kappa shape index (κ1) is 16.3. The smallest absolute Gasteiger partial charge is 0.00103 e. The van der Waals surface area contributed by atoms with Gasteiger partial charge in [-0.25, -0.2) is 0 Å². The second kappa shape index (κ2) is 7.79. The topological polar surface area (TPSA) is 3.24 Å². The molecule has 0 bridgehead atoms. The van der Waals surface area contributed by atoms with Crippen LogP contribution < -0.4 is 0 Å². The van der Waals surface area contributed by atoms with Gasteiger partial charge in [0.15, 0.2) is 0 Å². The lowest BCUT2D eigenvalue weighted by atomic mass is 9.75. The fourth-order valence-corrected chi connectivity index (χ4v) is 3.73. The minimum Gasteiger partial charge on any atom is -0.303 e. The number of hydrogen-bond acceptors (Lipinski definition) is 1. The van der Waals surface area contributed by atoms with Crippen LogP contribution in [0.3, 0.4) is 0 Å². The first-order valence-electron chi connectivity index (χ1n) is 9.08. The number of aryl methyl sites for hydroxylation is 1. The van der Waals surface area contributed by atoms with E-state index in [1.807, 2.05) is 0 Å². The molecule has 0 N–H and O–H groups in total. The Labute approximate surface area is 141 Å². The third-order valence-corrected chi connectivity index (χ3v) is 5.46. The quantitative estimate of drug-likeness (QED) is 0.691. The van der Waals surface area contributed by atoms with Crippen molar-refractivity contribution in [3.05, 3.63) is 71.8 Å². The van der Waals surface area contributed by atoms with E-state index < -0.39 is 0 Å². The van der Waals surface area contributed by atoms with Crippen LogP contribution in [0.5, 0.6) is 0 Å². The van der Waals surface area contributed by atoms with Gasteiger partial charge in [-0.3, -0.25) is 0 Å². The van der Waals surface area contributed by atoms with E-state index in [2.05, 4.69) is 72.5 Å². The van der Waals surface area contributed by atoms with E-state index in [-0.39, 0.29) is 5.41 Å². The molecule has 1 unspecified atom stereocenters. The second-order valence-electron chi connectivity index (χ2n) is 7.21. The lowest BCUT2D eigenvalue weighted by Crippen LogP contribution is -2.30. The molecule has 3 rings (SSSR count). The van der Waals surface area contributed by atoms with Crippen LogP contribution in [0.25, 0.3) is 0 Å². The lowest BCUT2D eigenvalue weighted by molar-refractivity contribution is 0.279. The van der Waals surface area contributed by atoms with Gasteiger partial charge in [-0.2, -0.15) is 0 Å². The summed E-state index contributed by atoms with van der Waals surface area (Å²) in [6.45, 7) is 6.29. The highest BCUT2D eigenvalue weighted by Crippen LogP contribution is 2.33. The molecule has 0 spiro atoms. The Morgan fingerprint density at radius 2 is 1.43 bits per heavy atom. The molecule has 2 aromatic rings. The van der Waals surface area contributed by atoms with Crippen molar-refractivity contribution in [1.29, 1.82) is 0 Å². The molecular formula is C22H29N. The number of likely N-dealkylation sites (tertiary alicyclic amines) is 1. The van der Waals surface area contributed by atoms with Crippen LogP contribution in [0.2, 0.25) is 0 Å². The Bertz CT molecular complexity index is 571. The average Bonchev–Trinajstić information content (AvgIpc) is 3.14. The van der Waals surface area contributed by atoms with E-state index in [0.29, 0.717) is 0 Å². The van der Waals surface area contributed by atoms with Gasteiger partial charge < -0.3 is 4.90 Å². The molecule has 1 aliphatic rings. The molecule has 1 aliphatic heterocycles. The summed E-state index contributed by atoms with van der Waals surface area (Å²) in [7, 11) is 0. The monoisotopic (exact) mass is 307 g/mol. The molecule has 0 amide bonds. The first-order valence-corrected chi connectivity index (χ1v) is 9.08. The summed E-state index contributed by atoms with van der Waals surface area (Å²) in [4.78, 5) is 2.64. The van der Waals surface area contributed by atoms with Crippen LogP contribution in [0.15, 0.2) is 60.7 Å². The molecular weight excluding hydrogens is 278 g/mol. The Kier molecular flexibility index (Phi) is 5.51. The van der Waals surface area contributed by atoms with Crippen molar-refractivity contribution >= 4 is 0 Å². The van der Waals surface area contributed by atoms with Crippen LogP contribution in [-0.2, 0) is 11.8 Å². The Morgan fingerprint density at radius 1 is 0.826 bits per heavy atom. The molecule has 0 aliphatic carbocycles. The summed E-state index contributed by atoms with van der Waals surface area (Å²) in [5.74, 6) is 0. The van der Waals surface area contributed by atoms with E-state index in [4.69, 9.17) is 0 Å². The van der Waals surface area contributed by atoms with Crippen LogP contribution in [-0.4, -0.2) is 24.5 Å². The van der Waals surface area contributed by atoms with Gasteiger partial charge in [0, 0.05) is 0 Å². The SMILES string of the molecule is CC(CCc1ccccc1)(CCN1CCCC1)c1ccccc1. The van der Waals surface area contributed by atoms with E-state index in [9.17, 15) is 0 Å². The average molecular weight is 307 g/mol. The zero-order valence-electron chi connectivity index (χ0n) is 14.4. The minimum absolute atomic E-state index is 0.264. The predicted molar refractivity (Wildman–Crippen MR) is 98.8 cm³/mol. The number of benzene rings is 2. The van der Waals surface area contributed by atoms with E-state index in [1.165, 1.54) is 56.4 Å². The van der Waals surface area contributed by atoms with Gasteiger partial charge in [0.05, 0.1) is 0 Å². The molecule has 1 saturated heterocycles. The third kappa shape index (κ3) is 4.45. The van der Waals surface area contributed by atoms with E-state index in [0.717, 1.165) is 6.42 Å². The maximum absolute atomic E-state index is 2.64. The largest absolute Gasteiger partial charge is 0.303 e. The van der Waals surface area contributed by atoms with Crippen LogP contribution in [0, 0.1) is 0 Å². The molecule has 1 fully saturated rings. The summed E-state index contributed by atoms with van der Waals surface area (Å²) in [5, 5.41) is 0. The molecule has 1 atom stereocenters. The minimum atomic E-state index is 0.264. The van der Waals surface area contributed by atoms with Gasteiger partial charge in [-0.15, -0.1) is 0 Å². The van der Waals surface area contributed by atoms with Crippen molar-refractivity contribution in [3.8, 4) is 0 Å². The zero-order chi connectivity index (χ0) is 16.0. The predicted octanol–water partition coefficient (Wildman–Crippen LogP) is 5.06. The molecule has 0 aromatic heterocycles. The van der Waals surface area contributed by atoms with Gasteiger partial charge in [0.2, 0.25) is 0 Å². The van der Waals surface area contributed by atoms with Gasteiger partial charge in [-0.1, -0.05) is 67.6 Å². The second-order valence-corrected chi connectivity index (χ2v) is 7.21. The van der Waals surface area contributed by atoms with Gasteiger partial charge >= 0.3 is 0 Å². The Morgan fingerprint density at radius 3 is 2.09 bits per heavy atom. The summed E-state index contributed by atoms with van der Waals surface area (Å²) in [6.07, 6.45) is 6.39. The van der Waals surface area contributed by atoms with Gasteiger partial charge in [0.1, 0.15) is 0 Å².